The summed E-state index contributed by atoms with van der Waals surface area (Å²) in [4.78, 5) is 2.33. The van der Waals surface area contributed by atoms with Gasteiger partial charge in [0.15, 0.2) is 0 Å². The number of likely N-dealkylation sites (tertiary alicyclic amines) is 1. The van der Waals surface area contributed by atoms with Crippen LogP contribution in [-0.2, 0) is 0 Å². The van der Waals surface area contributed by atoms with Gasteiger partial charge in [-0.2, -0.15) is 5.26 Å². The highest BCUT2D eigenvalue weighted by molar-refractivity contribution is 5.89. The van der Waals surface area contributed by atoms with E-state index in [0.717, 1.165) is 42.4 Å². The molecule has 1 fully saturated rings. The molecule has 4 rings (SSSR count). The molecule has 4 nitrogen and oxygen atoms in total. The van der Waals surface area contributed by atoms with Gasteiger partial charge in [-0.05, 0) is 62.5 Å². The summed E-state index contributed by atoms with van der Waals surface area (Å²) < 4.78 is 27.3. The van der Waals surface area contributed by atoms with Crippen LogP contribution in [0.15, 0.2) is 36.4 Å². The lowest BCUT2D eigenvalue weighted by molar-refractivity contribution is 0.152. The third-order valence-electron chi connectivity index (χ3n) is 5.81. The highest BCUT2D eigenvalue weighted by atomic mass is 19.3. The summed E-state index contributed by atoms with van der Waals surface area (Å²) in [5, 5.41) is 18.8. The molecule has 0 N–H and O–H groups in total. The summed E-state index contributed by atoms with van der Waals surface area (Å²) in [5.74, 6) is 0.392. The van der Waals surface area contributed by atoms with Crippen molar-refractivity contribution in [3.05, 3.63) is 58.7 Å². The molecule has 1 aliphatic rings. The van der Waals surface area contributed by atoms with Gasteiger partial charge in [0.1, 0.15) is 0 Å². The van der Waals surface area contributed by atoms with E-state index < -0.39 is 6.43 Å². The van der Waals surface area contributed by atoms with E-state index >= 15 is 0 Å². The molecule has 0 bridgehead atoms. The largest absolute Gasteiger partial charge is 0.306 e. The predicted molar refractivity (Wildman–Crippen MR) is 109 cm³/mol. The molecule has 29 heavy (non-hydrogen) atoms. The number of aryl methyl sites for hydroxylation is 1. The second-order valence-electron chi connectivity index (χ2n) is 7.73. The molecule has 2 aromatic carbocycles. The monoisotopic (exact) mass is 392 g/mol. The number of hydrogen-bond acceptors (Lipinski definition) is 4. The second-order valence-corrected chi connectivity index (χ2v) is 7.73. The molecule has 0 aliphatic carbocycles. The van der Waals surface area contributed by atoms with Gasteiger partial charge in [0, 0.05) is 23.1 Å². The fourth-order valence-corrected chi connectivity index (χ4v) is 4.31. The lowest BCUT2D eigenvalue weighted by atomic mass is 9.88. The van der Waals surface area contributed by atoms with Crippen molar-refractivity contribution in [2.45, 2.75) is 32.1 Å². The molecule has 0 amide bonds. The molecule has 148 valence electrons. The van der Waals surface area contributed by atoms with Crippen molar-refractivity contribution in [1.29, 1.82) is 5.26 Å². The van der Waals surface area contributed by atoms with E-state index in [2.05, 4.69) is 28.2 Å². The predicted octanol–water partition coefficient (Wildman–Crippen LogP) is 5.22. The molecule has 6 heteroatoms. The van der Waals surface area contributed by atoms with Gasteiger partial charge < -0.3 is 4.90 Å². The minimum absolute atomic E-state index is 0.189. The van der Waals surface area contributed by atoms with Crippen molar-refractivity contribution in [3.8, 4) is 17.3 Å². The van der Waals surface area contributed by atoms with Crippen molar-refractivity contribution < 1.29 is 8.78 Å². The number of nitrogens with zero attached hydrogens (tertiary/aromatic N) is 4. The van der Waals surface area contributed by atoms with Crippen LogP contribution in [-0.4, -0.2) is 35.2 Å². The molecule has 2 heterocycles. The van der Waals surface area contributed by atoms with Crippen molar-refractivity contribution >= 4 is 10.9 Å². The van der Waals surface area contributed by atoms with Crippen LogP contribution in [0.4, 0.5) is 8.78 Å². The second kappa shape index (κ2) is 7.84. The zero-order valence-electron chi connectivity index (χ0n) is 16.5. The van der Waals surface area contributed by atoms with Gasteiger partial charge >= 0.3 is 0 Å². The SMILES string of the molecule is Cc1c(-c2ccc(C#N)cc2C(F)F)nnc2c([C@@H]3CCCN(C)C3)cccc12. The van der Waals surface area contributed by atoms with Crippen LogP contribution in [0.3, 0.4) is 0 Å². The smallest absolute Gasteiger partial charge is 0.264 e. The number of fused-ring (bicyclic) bond motifs is 1. The maximum atomic E-state index is 13.7. The fourth-order valence-electron chi connectivity index (χ4n) is 4.31. The number of alkyl halides is 2. The molecular formula is C23H22F2N4. The number of benzene rings is 2. The first-order valence-electron chi connectivity index (χ1n) is 9.76. The lowest BCUT2D eigenvalue weighted by Gasteiger charge is -2.30. The topological polar surface area (TPSA) is 52.8 Å². The summed E-state index contributed by atoms with van der Waals surface area (Å²) in [6.07, 6.45) is -0.443. The summed E-state index contributed by atoms with van der Waals surface area (Å²) in [7, 11) is 2.13. The average Bonchev–Trinajstić information content (AvgIpc) is 2.73. The van der Waals surface area contributed by atoms with Crippen LogP contribution in [0.1, 0.15) is 47.4 Å². The Hall–Kier alpha value is -2.91. The maximum Gasteiger partial charge on any atom is 0.264 e. The van der Waals surface area contributed by atoms with Gasteiger partial charge in [0.2, 0.25) is 0 Å². The Labute approximate surface area is 168 Å². The number of likely N-dealkylation sites (N-methyl/N-ethyl adjacent to an activating group) is 1. The van der Waals surface area contributed by atoms with Gasteiger partial charge in [-0.25, -0.2) is 8.78 Å². The van der Waals surface area contributed by atoms with Crippen LogP contribution in [0.5, 0.6) is 0 Å². The standard InChI is InChI=1S/C23H22F2N4/c1-14-17-6-3-7-18(16-5-4-10-29(2)13-16)22(17)28-27-21(14)19-9-8-15(12-26)11-20(19)23(24)25/h3,6-9,11,16,23H,4-5,10,13H2,1-2H3/t16-/m1/s1. The normalized spacial score (nSPS) is 17.6. The Bertz CT molecular complexity index is 1100. The zero-order valence-corrected chi connectivity index (χ0v) is 16.5. The molecule has 0 saturated carbocycles. The van der Waals surface area contributed by atoms with E-state index in [4.69, 9.17) is 5.26 Å². The molecule has 1 saturated heterocycles. The van der Waals surface area contributed by atoms with Crippen LogP contribution in [0, 0.1) is 18.3 Å². The summed E-state index contributed by atoms with van der Waals surface area (Å²) >= 11 is 0. The molecule has 1 aromatic heterocycles. The first-order chi connectivity index (χ1) is 14.0. The molecule has 1 atom stereocenters. The molecule has 1 aliphatic heterocycles. The number of hydrogen-bond donors (Lipinski definition) is 0. The fraction of sp³-hybridized carbons (Fsp3) is 0.348. The van der Waals surface area contributed by atoms with Crippen molar-refractivity contribution in [2.24, 2.45) is 0 Å². The number of halogens is 2. The summed E-state index contributed by atoms with van der Waals surface area (Å²) in [5.41, 5.74) is 3.63. The number of nitriles is 1. The Morgan fingerprint density at radius 1 is 1.21 bits per heavy atom. The summed E-state index contributed by atoms with van der Waals surface area (Å²) in [6.45, 7) is 3.98. The van der Waals surface area contributed by atoms with Crippen LogP contribution < -0.4 is 0 Å². The maximum absolute atomic E-state index is 13.7. The van der Waals surface area contributed by atoms with Crippen molar-refractivity contribution in [1.82, 2.24) is 15.1 Å². The average molecular weight is 392 g/mol. The molecule has 3 aromatic rings. The zero-order chi connectivity index (χ0) is 20.5. The van der Waals surface area contributed by atoms with Crippen molar-refractivity contribution in [2.75, 3.05) is 20.1 Å². The molecular weight excluding hydrogens is 370 g/mol. The van der Waals surface area contributed by atoms with E-state index in [0.29, 0.717) is 17.2 Å². The number of rotatable bonds is 3. The Balaban J connectivity index is 1.85. The van der Waals surface area contributed by atoms with E-state index in [1.807, 2.05) is 25.1 Å². The lowest BCUT2D eigenvalue weighted by Crippen LogP contribution is -2.31. The van der Waals surface area contributed by atoms with Crippen LogP contribution in [0.25, 0.3) is 22.2 Å². The summed E-state index contributed by atoms with van der Waals surface area (Å²) in [6, 6.07) is 12.3. The molecule has 0 spiro atoms. The van der Waals surface area contributed by atoms with Crippen LogP contribution >= 0.6 is 0 Å². The van der Waals surface area contributed by atoms with E-state index in [1.54, 1.807) is 12.1 Å². The highest BCUT2D eigenvalue weighted by Gasteiger charge is 2.23. The van der Waals surface area contributed by atoms with Gasteiger partial charge in [-0.1, -0.05) is 24.3 Å². The third kappa shape index (κ3) is 3.58. The van der Waals surface area contributed by atoms with E-state index in [1.165, 1.54) is 11.6 Å². The minimum atomic E-state index is -2.70. The Morgan fingerprint density at radius 2 is 2.03 bits per heavy atom. The minimum Gasteiger partial charge on any atom is -0.306 e. The van der Waals surface area contributed by atoms with E-state index in [-0.39, 0.29) is 11.1 Å². The number of aromatic nitrogens is 2. The third-order valence-corrected chi connectivity index (χ3v) is 5.81. The molecule has 0 unspecified atom stereocenters. The van der Waals surface area contributed by atoms with Gasteiger partial charge in [-0.15, -0.1) is 10.2 Å². The van der Waals surface area contributed by atoms with Gasteiger partial charge in [0.05, 0.1) is 22.8 Å². The highest BCUT2D eigenvalue weighted by Crippen LogP contribution is 2.36. The van der Waals surface area contributed by atoms with Crippen LogP contribution in [0.2, 0.25) is 0 Å². The number of piperidine rings is 1. The van der Waals surface area contributed by atoms with Crippen molar-refractivity contribution in [3.63, 3.8) is 0 Å². The van der Waals surface area contributed by atoms with E-state index in [9.17, 15) is 8.78 Å². The first-order valence-corrected chi connectivity index (χ1v) is 9.76. The first kappa shape index (κ1) is 19.4. The Kier molecular flexibility index (Phi) is 5.25. The quantitative estimate of drug-likeness (QED) is 0.613. The molecule has 0 radical (unpaired) electrons. The Morgan fingerprint density at radius 3 is 2.76 bits per heavy atom. The van der Waals surface area contributed by atoms with Gasteiger partial charge in [0.25, 0.3) is 6.43 Å². The van der Waals surface area contributed by atoms with Gasteiger partial charge in [-0.3, -0.25) is 0 Å².